The fourth-order valence-electron chi connectivity index (χ4n) is 2.12. The molecule has 2 rings (SSSR count). The van der Waals surface area contributed by atoms with Crippen molar-refractivity contribution < 1.29 is 9.18 Å². The lowest BCUT2D eigenvalue weighted by molar-refractivity contribution is -0.120. The molecule has 88 valence electrons. The SMILES string of the molecule is N#CC(C(=O)CC1CCC1)c1ccccc1F. The van der Waals surface area contributed by atoms with E-state index in [1.54, 1.807) is 12.1 Å². The number of benzene rings is 1. The Balaban J connectivity index is 2.13. The molecule has 1 unspecified atom stereocenters. The van der Waals surface area contributed by atoms with Gasteiger partial charge in [0.1, 0.15) is 11.7 Å². The molecular formula is C14H14FNO. The van der Waals surface area contributed by atoms with E-state index in [1.165, 1.54) is 12.1 Å². The minimum Gasteiger partial charge on any atom is -0.298 e. The molecule has 1 aliphatic carbocycles. The molecule has 1 atom stereocenters. The van der Waals surface area contributed by atoms with Crippen LogP contribution in [0.5, 0.6) is 0 Å². The first-order chi connectivity index (χ1) is 8.22. The molecule has 0 heterocycles. The normalized spacial score (nSPS) is 16.9. The maximum atomic E-state index is 13.5. The van der Waals surface area contributed by atoms with Gasteiger partial charge < -0.3 is 0 Å². The molecule has 0 radical (unpaired) electrons. The molecule has 1 saturated carbocycles. The second-order valence-electron chi connectivity index (χ2n) is 4.55. The van der Waals surface area contributed by atoms with Crippen molar-refractivity contribution in [3.05, 3.63) is 35.6 Å². The summed E-state index contributed by atoms with van der Waals surface area (Å²) < 4.78 is 13.5. The topological polar surface area (TPSA) is 40.9 Å². The fourth-order valence-corrected chi connectivity index (χ4v) is 2.12. The molecule has 1 aromatic rings. The third kappa shape index (κ3) is 2.52. The Labute approximate surface area is 100 Å². The molecule has 1 aromatic carbocycles. The Kier molecular flexibility index (Phi) is 3.53. The highest BCUT2D eigenvalue weighted by atomic mass is 19.1. The van der Waals surface area contributed by atoms with Crippen molar-refractivity contribution in [2.45, 2.75) is 31.6 Å². The van der Waals surface area contributed by atoms with E-state index in [1.807, 2.05) is 6.07 Å². The van der Waals surface area contributed by atoms with E-state index in [2.05, 4.69) is 0 Å². The average molecular weight is 231 g/mol. The van der Waals surface area contributed by atoms with Gasteiger partial charge in [0, 0.05) is 12.0 Å². The smallest absolute Gasteiger partial charge is 0.154 e. The number of Topliss-reactive ketones (excluding diaryl/α,β-unsaturated/α-hetero) is 1. The summed E-state index contributed by atoms with van der Waals surface area (Å²) in [4.78, 5) is 11.9. The third-order valence-corrected chi connectivity index (χ3v) is 3.38. The third-order valence-electron chi connectivity index (χ3n) is 3.38. The summed E-state index contributed by atoms with van der Waals surface area (Å²) in [5.41, 5.74) is 0.208. The summed E-state index contributed by atoms with van der Waals surface area (Å²) in [6.45, 7) is 0. The lowest BCUT2D eigenvalue weighted by Crippen LogP contribution is -2.20. The molecule has 1 aliphatic rings. The number of nitrogens with zero attached hydrogens (tertiary/aromatic N) is 1. The molecule has 17 heavy (non-hydrogen) atoms. The lowest BCUT2D eigenvalue weighted by atomic mass is 9.79. The molecule has 0 saturated heterocycles. The Bertz CT molecular complexity index is 460. The minimum atomic E-state index is -0.947. The number of halogens is 1. The highest BCUT2D eigenvalue weighted by Crippen LogP contribution is 2.32. The molecule has 2 nitrogen and oxygen atoms in total. The second-order valence-corrected chi connectivity index (χ2v) is 4.55. The van der Waals surface area contributed by atoms with Crippen LogP contribution < -0.4 is 0 Å². The van der Waals surface area contributed by atoms with Crippen LogP contribution in [0, 0.1) is 23.1 Å². The quantitative estimate of drug-likeness (QED) is 0.798. The Morgan fingerprint density at radius 2 is 2.18 bits per heavy atom. The molecule has 0 amide bonds. The monoisotopic (exact) mass is 231 g/mol. The summed E-state index contributed by atoms with van der Waals surface area (Å²) in [6.07, 6.45) is 3.68. The summed E-state index contributed by atoms with van der Waals surface area (Å²) in [5.74, 6) is -1.16. The van der Waals surface area contributed by atoms with Crippen LogP contribution in [0.25, 0.3) is 0 Å². The van der Waals surface area contributed by atoms with Gasteiger partial charge in [-0.25, -0.2) is 4.39 Å². The van der Waals surface area contributed by atoms with Crippen molar-refractivity contribution in [3.63, 3.8) is 0 Å². The number of hydrogen-bond acceptors (Lipinski definition) is 2. The molecular weight excluding hydrogens is 217 g/mol. The zero-order valence-corrected chi connectivity index (χ0v) is 9.53. The maximum Gasteiger partial charge on any atom is 0.154 e. The van der Waals surface area contributed by atoms with E-state index in [4.69, 9.17) is 5.26 Å². The second kappa shape index (κ2) is 5.09. The lowest BCUT2D eigenvalue weighted by Gasteiger charge is -2.25. The number of nitriles is 1. The maximum absolute atomic E-state index is 13.5. The van der Waals surface area contributed by atoms with Crippen LogP contribution in [0.15, 0.2) is 24.3 Å². The molecule has 0 aliphatic heterocycles. The van der Waals surface area contributed by atoms with Gasteiger partial charge in [-0.15, -0.1) is 0 Å². The van der Waals surface area contributed by atoms with E-state index in [-0.39, 0.29) is 11.3 Å². The molecule has 3 heteroatoms. The van der Waals surface area contributed by atoms with E-state index in [9.17, 15) is 9.18 Å². The van der Waals surface area contributed by atoms with Gasteiger partial charge in [0.05, 0.1) is 6.07 Å². The van der Waals surface area contributed by atoms with Gasteiger partial charge in [0.2, 0.25) is 0 Å². The van der Waals surface area contributed by atoms with Gasteiger partial charge in [-0.3, -0.25) is 4.79 Å². The van der Waals surface area contributed by atoms with E-state index in [0.29, 0.717) is 12.3 Å². The molecule has 1 fully saturated rings. The van der Waals surface area contributed by atoms with Gasteiger partial charge >= 0.3 is 0 Å². The average Bonchev–Trinajstić information content (AvgIpc) is 2.27. The fraction of sp³-hybridized carbons (Fsp3) is 0.429. The van der Waals surface area contributed by atoms with Crippen LogP contribution in [-0.4, -0.2) is 5.78 Å². The Morgan fingerprint density at radius 3 is 2.71 bits per heavy atom. The van der Waals surface area contributed by atoms with E-state index >= 15 is 0 Å². The predicted octanol–water partition coefficient (Wildman–Crippen LogP) is 3.19. The van der Waals surface area contributed by atoms with Crippen LogP contribution in [0.4, 0.5) is 4.39 Å². The standard InChI is InChI=1S/C14H14FNO/c15-13-7-2-1-6-11(13)12(9-16)14(17)8-10-4-3-5-10/h1-2,6-7,10,12H,3-5,8H2. The van der Waals surface area contributed by atoms with Crippen molar-refractivity contribution in [2.24, 2.45) is 5.92 Å². The summed E-state index contributed by atoms with van der Waals surface area (Å²) in [6, 6.07) is 7.94. The van der Waals surface area contributed by atoms with Crippen molar-refractivity contribution in [1.82, 2.24) is 0 Å². The largest absolute Gasteiger partial charge is 0.298 e. The Hall–Kier alpha value is -1.69. The van der Waals surface area contributed by atoms with Crippen LogP contribution in [0.3, 0.4) is 0 Å². The molecule has 0 aromatic heterocycles. The van der Waals surface area contributed by atoms with Crippen molar-refractivity contribution in [3.8, 4) is 6.07 Å². The number of carbonyl (C=O) groups is 1. The predicted molar refractivity (Wildman–Crippen MR) is 61.7 cm³/mol. The first-order valence-corrected chi connectivity index (χ1v) is 5.89. The molecule has 0 N–H and O–H groups in total. The number of carbonyl (C=O) groups excluding carboxylic acids is 1. The Morgan fingerprint density at radius 1 is 1.47 bits per heavy atom. The molecule has 0 bridgehead atoms. The van der Waals surface area contributed by atoms with Gasteiger partial charge in [-0.2, -0.15) is 5.26 Å². The zero-order valence-electron chi connectivity index (χ0n) is 9.53. The highest BCUT2D eigenvalue weighted by molar-refractivity contribution is 5.88. The van der Waals surface area contributed by atoms with Gasteiger partial charge in [-0.05, 0) is 12.0 Å². The summed E-state index contributed by atoms with van der Waals surface area (Å²) in [7, 11) is 0. The van der Waals surface area contributed by atoms with Gasteiger partial charge in [0.15, 0.2) is 5.78 Å². The highest BCUT2D eigenvalue weighted by Gasteiger charge is 2.28. The van der Waals surface area contributed by atoms with Gasteiger partial charge in [-0.1, -0.05) is 37.5 Å². The van der Waals surface area contributed by atoms with Crippen LogP contribution in [-0.2, 0) is 4.79 Å². The minimum absolute atomic E-state index is 0.151. The van der Waals surface area contributed by atoms with Crippen molar-refractivity contribution in [1.29, 1.82) is 5.26 Å². The van der Waals surface area contributed by atoms with E-state index in [0.717, 1.165) is 19.3 Å². The first-order valence-electron chi connectivity index (χ1n) is 5.89. The van der Waals surface area contributed by atoms with Gasteiger partial charge in [0.25, 0.3) is 0 Å². The van der Waals surface area contributed by atoms with Crippen LogP contribution in [0.1, 0.15) is 37.2 Å². The number of ketones is 1. The zero-order chi connectivity index (χ0) is 12.3. The van der Waals surface area contributed by atoms with Crippen molar-refractivity contribution in [2.75, 3.05) is 0 Å². The van der Waals surface area contributed by atoms with Crippen LogP contribution >= 0.6 is 0 Å². The summed E-state index contributed by atoms with van der Waals surface area (Å²) in [5, 5.41) is 9.04. The summed E-state index contributed by atoms with van der Waals surface area (Å²) >= 11 is 0. The number of hydrogen-bond donors (Lipinski definition) is 0. The number of rotatable bonds is 4. The van der Waals surface area contributed by atoms with E-state index < -0.39 is 11.7 Å². The molecule has 0 spiro atoms. The first kappa shape index (κ1) is 11.8. The van der Waals surface area contributed by atoms with Crippen LogP contribution in [0.2, 0.25) is 0 Å². The van der Waals surface area contributed by atoms with Crippen molar-refractivity contribution >= 4 is 5.78 Å².